The highest BCUT2D eigenvalue weighted by Gasteiger charge is 2.03. The number of hydrogen-bond donors (Lipinski definition) is 2. The minimum Gasteiger partial charge on any atom is -0.355 e. The fraction of sp³-hybridized carbons (Fsp3) is 0.0476. The lowest BCUT2D eigenvalue weighted by Gasteiger charge is -2.03. The van der Waals surface area contributed by atoms with Crippen molar-refractivity contribution in [3.8, 4) is 11.4 Å². The zero-order chi connectivity index (χ0) is 19.1. The number of nitrogens with zero attached hydrogens (tertiary/aromatic N) is 2. The molecule has 0 fully saturated rings. The molecular formula is C21H18N4O2. The van der Waals surface area contributed by atoms with E-state index in [2.05, 4.69) is 20.6 Å². The molecule has 2 aromatic carbocycles. The molecule has 0 atom stereocenters. The maximum atomic E-state index is 12.0. The lowest BCUT2D eigenvalue weighted by molar-refractivity contribution is -0.111. The summed E-state index contributed by atoms with van der Waals surface area (Å²) >= 11 is 0. The van der Waals surface area contributed by atoms with Gasteiger partial charge in [0.25, 0.3) is 5.91 Å². The third kappa shape index (κ3) is 4.85. The summed E-state index contributed by atoms with van der Waals surface area (Å²) in [6.07, 6.45) is 6.22. The summed E-state index contributed by atoms with van der Waals surface area (Å²) < 4.78 is 0. The summed E-state index contributed by atoms with van der Waals surface area (Å²) in [6.45, 7) is 0. The number of rotatable bonds is 5. The van der Waals surface area contributed by atoms with Crippen molar-refractivity contribution in [1.82, 2.24) is 15.3 Å². The molecule has 27 heavy (non-hydrogen) atoms. The van der Waals surface area contributed by atoms with Gasteiger partial charge in [-0.1, -0.05) is 42.5 Å². The van der Waals surface area contributed by atoms with E-state index in [1.807, 2.05) is 30.3 Å². The van der Waals surface area contributed by atoms with Gasteiger partial charge in [-0.2, -0.15) is 0 Å². The fourth-order valence-corrected chi connectivity index (χ4v) is 2.37. The molecule has 1 heterocycles. The van der Waals surface area contributed by atoms with Crippen LogP contribution in [0.5, 0.6) is 0 Å². The molecule has 6 heteroatoms. The summed E-state index contributed by atoms with van der Waals surface area (Å²) in [5.41, 5.74) is 2.80. The number of benzene rings is 2. The maximum Gasteiger partial charge on any atom is 0.251 e. The summed E-state index contributed by atoms with van der Waals surface area (Å²) in [7, 11) is 1.58. The number of amides is 2. The number of carbonyl (C=O) groups excluding carboxylic acids is 2. The molecule has 6 nitrogen and oxygen atoms in total. The van der Waals surface area contributed by atoms with E-state index >= 15 is 0 Å². The summed E-state index contributed by atoms with van der Waals surface area (Å²) in [5.74, 6) is 0.156. The Morgan fingerprint density at radius 1 is 0.926 bits per heavy atom. The van der Waals surface area contributed by atoms with E-state index in [1.165, 1.54) is 6.08 Å². The van der Waals surface area contributed by atoms with Gasteiger partial charge in [0.15, 0.2) is 5.82 Å². The quantitative estimate of drug-likeness (QED) is 0.686. The predicted molar refractivity (Wildman–Crippen MR) is 105 cm³/mol. The van der Waals surface area contributed by atoms with Crippen molar-refractivity contribution in [3.63, 3.8) is 0 Å². The first-order valence-electron chi connectivity index (χ1n) is 8.34. The molecule has 0 radical (unpaired) electrons. The number of hydrogen-bond acceptors (Lipinski definition) is 4. The smallest absolute Gasteiger partial charge is 0.251 e. The van der Waals surface area contributed by atoms with Crippen LogP contribution in [0, 0.1) is 0 Å². The van der Waals surface area contributed by atoms with E-state index in [9.17, 15) is 9.59 Å². The summed E-state index contributed by atoms with van der Waals surface area (Å²) in [6, 6.07) is 16.5. The minimum atomic E-state index is -0.290. The molecule has 0 bridgehead atoms. The molecule has 0 spiro atoms. The number of anilines is 1. The molecule has 2 amide bonds. The first kappa shape index (κ1) is 18.0. The number of carbonyl (C=O) groups is 2. The van der Waals surface area contributed by atoms with Crippen molar-refractivity contribution in [2.75, 3.05) is 12.4 Å². The minimum absolute atomic E-state index is 0.151. The average molecular weight is 358 g/mol. The molecule has 0 aliphatic rings. The van der Waals surface area contributed by atoms with E-state index in [0.717, 1.165) is 11.1 Å². The molecule has 0 aliphatic heterocycles. The van der Waals surface area contributed by atoms with Crippen LogP contribution in [0.2, 0.25) is 0 Å². The molecule has 0 saturated carbocycles. The SMILES string of the molecule is CNC(=O)c1ccc(/C=C/C(=O)Nc2cnc(-c3ccccc3)nc2)cc1. The summed E-state index contributed by atoms with van der Waals surface area (Å²) in [4.78, 5) is 32.1. The van der Waals surface area contributed by atoms with Gasteiger partial charge < -0.3 is 10.6 Å². The molecule has 3 rings (SSSR count). The van der Waals surface area contributed by atoms with Crippen LogP contribution in [0.15, 0.2) is 73.1 Å². The van der Waals surface area contributed by atoms with E-state index in [4.69, 9.17) is 0 Å². The number of nitrogens with one attached hydrogen (secondary N) is 2. The second-order valence-electron chi connectivity index (χ2n) is 5.69. The van der Waals surface area contributed by atoms with Gasteiger partial charge in [-0.25, -0.2) is 9.97 Å². The Bertz CT molecular complexity index is 950. The highest BCUT2D eigenvalue weighted by atomic mass is 16.2. The lowest BCUT2D eigenvalue weighted by atomic mass is 10.1. The normalized spacial score (nSPS) is 10.6. The Labute approximate surface area is 157 Å². The molecule has 2 N–H and O–H groups in total. The highest BCUT2D eigenvalue weighted by Crippen LogP contribution is 2.15. The van der Waals surface area contributed by atoms with Crippen molar-refractivity contribution >= 4 is 23.6 Å². The van der Waals surface area contributed by atoms with Crippen molar-refractivity contribution in [2.24, 2.45) is 0 Å². The highest BCUT2D eigenvalue weighted by molar-refractivity contribution is 6.02. The van der Waals surface area contributed by atoms with Crippen LogP contribution in [0.3, 0.4) is 0 Å². The molecule has 0 saturated heterocycles. The monoisotopic (exact) mass is 358 g/mol. The van der Waals surface area contributed by atoms with Gasteiger partial charge in [0.2, 0.25) is 5.91 Å². The predicted octanol–water partition coefficient (Wildman–Crippen LogP) is 3.16. The third-order valence-electron chi connectivity index (χ3n) is 3.78. The van der Waals surface area contributed by atoms with Crippen LogP contribution in [-0.4, -0.2) is 28.8 Å². The van der Waals surface area contributed by atoms with Crippen molar-refractivity contribution in [3.05, 3.63) is 84.2 Å². The zero-order valence-corrected chi connectivity index (χ0v) is 14.7. The Balaban J connectivity index is 1.60. The molecule has 1 aromatic heterocycles. The Morgan fingerprint density at radius 3 is 2.22 bits per heavy atom. The lowest BCUT2D eigenvalue weighted by Crippen LogP contribution is -2.17. The molecular weight excluding hydrogens is 340 g/mol. The molecule has 0 aliphatic carbocycles. The van der Waals surface area contributed by atoms with Gasteiger partial charge in [-0.15, -0.1) is 0 Å². The van der Waals surface area contributed by atoms with Crippen LogP contribution < -0.4 is 10.6 Å². The van der Waals surface area contributed by atoms with Gasteiger partial charge >= 0.3 is 0 Å². The van der Waals surface area contributed by atoms with Crippen LogP contribution in [0.1, 0.15) is 15.9 Å². The second-order valence-corrected chi connectivity index (χ2v) is 5.69. The second kappa shape index (κ2) is 8.53. The van der Waals surface area contributed by atoms with Crippen LogP contribution in [0.4, 0.5) is 5.69 Å². The Morgan fingerprint density at radius 2 is 1.59 bits per heavy atom. The Kier molecular flexibility index (Phi) is 5.69. The molecule has 0 unspecified atom stereocenters. The fourth-order valence-electron chi connectivity index (χ4n) is 2.37. The van der Waals surface area contributed by atoms with Gasteiger partial charge in [0, 0.05) is 24.3 Å². The van der Waals surface area contributed by atoms with Gasteiger partial charge in [0.05, 0.1) is 18.1 Å². The van der Waals surface area contributed by atoms with E-state index < -0.39 is 0 Å². The van der Waals surface area contributed by atoms with E-state index in [1.54, 1.807) is 49.8 Å². The van der Waals surface area contributed by atoms with Crippen molar-refractivity contribution in [1.29, 1.82) is 0 Å². The van der Waals surface area contributed by atoms with Crippen molar-refractivity contribution < 1.29 is 9.59 Å². The first-order chi connectivity index (χ1) is 13.2. The topological polar surface area (TPSA) is 84.0 Å². The standard InChI is InChI=1S/C21H18N4O2/c1-22-21(27)17-10-7-15(8-11-17)9-12-19(26)25-18-13-23-20(24-14-18)16-5-3-2-4-6-16/h2-14H,1H3,(H,22,27)(H,25,26)/b12-9+. The molecule has 134 valence electrons. The van der Waals surface area contributed by atoms with Gasteiger partial charge in [-0.05, 0) is 23.8 Å². The third-order valence-corrected chi connectivity index (χ3v) is 3.78. The largest absolute Gasteiger partial charge is 0.355 e. The van der Waals surface area contributed by atoms with Gasteiger partial charge in [-0.3, -0.25) is 9.59 Å². The first-order valence-corrected chi connectivity index (χ1v) is 8.34. The zero-order valence-electron chi connectivity index (χ0n) is 14.7. The van der Waals surface area contributed by atoms with E-state index in [0.29, 0.717) is 17.1 Å². The maximum absolute atomic E-state index is 12.0. The molecule has 3 aromatic rings. The van der Waals surface area contributed by atoms with Crippen LogP contribution in [0.25, 0.3) is 17.5 Å². The van der Waals surface area contributed by atoms with Gasteiger partial charge in [0.1, 0.15) is 0 Å². The van der Waals surface area contributed by atoms with Crippen LogP contribution in [-0.2, 0) is 4.79 Å². The Hall–Kier alpha value is -3.80. The van der Waals surface area contributed by atoms with Crippen LogP contribution >= 0.6 is 0 Å². The summed E-state index contributed by atoms with van der Waals surface area (Å²) in [5, 5.41) is 5.27. The average Bonchev–Trinajstić information content (AvgIpc) is 2.73. The number of aromatic nitrogens is 2. The van der Waals surface area contributed by atoms with Crippen molar-refractivity contribution in [2.45, 2.75) is 0 Å². The van der Waals surface area contributed by atoms with E-state index in [-0.39, 0.29) is 11.8 Å².